The molecule has 1 aromatic heterocycles. The van der Waals surface area contributed by atoms with Crippen LogP contribution in [0.15, 0.2) is 0 Å². The van der Waals surface area contributed by atoms with Crippen LogP contribution in [0.1, 0.15) is 47.4 Å². The van der Waals surface area contributed by atoms with Gasteiger partial charge in [-0.1, -0.05) is 31.1 Å². The van der Waals surface area contributed by atoms with E-state index >= 15 is 0 Å². The molecule has 0 aromatic carbocycles. The van der Waals surface area contributed by atoms with Crippen molar-refractivity contribution in [3.63, 3.8) is 0 Å². The highest BCUT2D eigenvalue weighted by atomic mass is 32.1. The summed E-state index contributed by atoms with van der Waals surface area (Å²) >= 11 is 1.22. The third kappa shape index (κ3) is 1.52. The maximum Gasteiger partial charge on any atom is 0.367 e. The van der Waals surface area contributed by atoms with Gasteiger partial charge in [0.15, 0.2) is 0 Å². The number of aromatic nitrogens is 2. The maximum absolute atomic E-state index is 10.6. The van der Waals surface area contributed by atoms with Crippen molar-refractivity contribution in [1.29, 1.82) is 0 Å². The molecule has 5 heteroatoms. The molecule has 0 spiro atoms. The monoisotopic (exact) mass is 212 g/mol. The summed E-state index contributed by atoms with van der Waals surface area (Å²) in [7, 11) is 0. The Balaban J connectivity index is 2.28. The van der Waals surface area contributed by atoms with Crippen LogP contribution in [0.25, 0.3) is 0 Å². The summed E-state index contributed by atoms with van der Waals surface area (Å²) in [6, 6.07) is 0. The molecule has 0 bridgehead atoms. The fraction of sp³-hybridized carbons (Fsp3) is 0.667. The molecule has 0 saturated heterocycles. The summed E-state index contributed by atoms with van der Waals surface area (Å²) < 4.78 is 0. The fourth-order valence-corrected chi connectivity index (χ4v) is 2.81. The first kappa shape index (κ1) is 9.58. The second-order valence-corrected chi connectivity index (χ2v) is 4.96. The zero-order valence-electron chi connectivity index (χ0n) is 7.99. The number of carboxylic acid groups (broad SMARTS) is 1. The van der Waals surface area contributed by atoms with Gasteiger partial charge in [0, 0.05) is 5.41 Å². The Kier molecular flexibility index (Phi) is 2.26. The quantitative estimate of drug-likeness (QED) is 0.815. The zero-order chi connectivity index (χ0) is 10.2. The van der Waals surface area contributed by atoms with E-state index in [0.29, 0.717) is 0 Å². The molecule has 0 radical (unpaired) electrons. The highest BCUT2D eigenvalue weighted by Gasteiger charge is 2.34. The van der Waals surface area contributed by atoms with E-state index in [9.17, 15) is 4.79 Å². The summed E-state index contributed by atoms with van der Waals surface area (Å²) in [5, 5.41) is 17.4. The van der Waals surface area contributed by atoms with Crippen molar-refractivity contribution in [1.82, 2.24) is 10.2 Å². The minimum atomic E-state index is -0.977. The third-order valence-corrected chi connectivity index (χ3v) is 4.05. The second-order valence-electron chi connectivity index (χ2n) is 3.99. The van der Waals surface area contributed by atoms with Crippen LogP contribution in [0, 0.1) is 0 Å². The lowest BCUT2D eigenvalue weighted by Crippen LogP contribution is -2.16. The minimum Gasteiger partial charge on any atom is -0.476 e. The Labute approximate surface area is 86.0 Å². The molecule has 76 valence electrons. The van der Waals surface area contributed by atoms with Gasteiger partial charge in [-0.2, -0.15) is 0 Å². The summed E-state index contributed by atoms with van der Waals surface area (Å²) in [6.07, 6.45) is 4.61. The van der Waals surface area contributed by atoms with Gasteiger partial charge in [0.1, 0.15) is 5.01 Å². The first-order chi connectivity index (χ1) is 6.62. The summed E-state index contributed by atoms with van der Waals surface area (Å²) in [4.78, 5) is 10.6. The Morgan fingerprint density at radius 2 is 2.07 bits per heavy atom. The molecule has 1 saturated carbocycles. The molecule has 1 aliphatic rings. The van der Waals surface area contributed by atoms with Crippen LogP contribution in [0.3, 0.4) is 0 Å². The van der Waals surface area contributed by atoms with Crippen molar-refractivity contribution >= 4 is 17.3 Å². The molecule has 1 heterocycles. The van der Waals surface area contributed by atoms with Crippen LogP contribution in [-0.2, 0) is 5.41 Å². The number of hydrogen-bond acceptors (Lipinski definition) is 4. The molecular formula is C9H12N2O2S. The summed E-state index contributed by atoms with van der Waals surface area (Å²) in [5.74, 6) is -0.977. The normalized spacial score (nSPS) is 19.8. The van der Waals surface area contributed by atoms with Crippen LogP contribution in [0.4, 0.5) is 0 Å². The smallest absolute Gasteiger partial charge is 0.367 e. The summed E-state index contributed by atoms with van der Waals surface area (Å²) in [6.45, 7) is 2.14. The van der Waals surface area contributed by atoms with Gasteiger partial charge in [-0.15, -0.1) is 10.2 Å². The van der Waals surface area contributed by atoms with Gasteiger partial charge >= 0.3 is 5.97 Å². The van der Waals surface area contributed by atoms with E-state index in [0.717, 1.165) is 17.8 Å². The molecule has 2 rings (SSSR count). The van der Waals surface area contributed by atoms with Gasteiger partial charge in [0.05, 0.1) is 0 Å². The van der Waals surface area contributed by atoms with Crippen molar-refractivity contribution in [3.05, 3.63) is 10.0 Å². The first-order valence-corrected chi connectivity index (χ1v) is 5.51. The largest absolute Gasteiger partial charge is 0.476 e. The number of rotatable bonds is 2. The number of hydrogen-bond donors (Lipinski definition) is 1. The van der Waals surface area contributed by atoms with Gasteiger partial charge in [-0.05, 0) is 12.8 Å². The predicted octanol–water partition coefficient (Wildman–Crippen LogP) is 2.07. The Morgan fingerprint density at radius 1 is 1.43 bits per heavy atom. The molecule has 0 atom stereocenters. The van der Waals surface area contributed by atoms with E-state index in [1.54, 1.807) is 0 Å². The van der Waals surface area contributed by atoms with Crippen molar-refractivity contribution in [2.45, 2.75) is 38.0 Å². The predicted molar refractivity (Wildman–Crippen MR) is 52.7 cm³/mol. The van der Waals surface area contributed by atoms with Crippen molar-refractivity contribution in [2.75, 3.05) is 0 Å². The van der Waals surface area contributed by atoms with E-state index in [2.05, 4.69) is 17.1 Å². The van der Waals surface area contributed by atoms with E-state index < -0.39 is 5.97 Å². The average Bonchev–Trinajstić information content (AvgIpc) is 2.71. The Hall–Kier alpha value is -0.970. The highest BCUT2D eigenvalue weighted by molar-refractivity contribution is 7.13. The second kappa shape index (κ2) is 3.31. The molecule has 0 aliphatic heterocycles. The van der Waals surface area contributed by atoms with Crippen molar-refractivity contribution < 1.29 is 9.90 Å². The molecule has 14 heavy (non-hydrogen) atoms. The molecule has 1 aromatic rings. The molecule has 0 amide bonds. The van der Waals surface area contributed by atoms with Crippen molar-refractivity contribution in [3.8, 4) is 0 Å². The van der Waals surface area contributed by atoms with Crippen LogP contribution in [0.2, 0.25) is 0 Å². The van der Waals surface area contributed by atoms with Gasteiger partial charge < -0.3 is 5.11 Å². The lowest BCUT2D eigenvalue weighted by Gasteiger charge is -2.18. The average molecular weight is 212 g/mol. The van der Waals surface area contributed by atoms with E-state index in [1.165, 1.54) is 24.2 Å². The lowest BCUT2D eigenvalue weighted by molar-refractivity contribution is 0.0695. The van der Waals surface area contributed by atoms with Crippen molar-refractivity contribution in [2.24, 2.45) is 0 Å². The molecular weight excluding hydrogens is 200 g/mol. The van der Waals surface area contributed by atoms with Gasteiger partial charge in [0.25, 0.3) is 0 Å². The van der Waals surface area contributed by atoms with Gasteiger partial charge in [-0.25, -0.2) is 4.79 Å². The van der Waals surface area contributed by atoms with E-state index in [-0.39, 0.29) is 10.4 Å². The number of aromatic carboxylic acids is 1. The number of nitrogens with zero attached hydrogens (tertiary/aromatic N) is 2. The standard InChI is InChI=1S/C9H12N2O2S/c1-9(4-2-3-5-9)8-11-10-6(14-8)7(12)13/h2-5H2,1H3,(H,12,13). The Morgan fingerprint density at radius 3 is 2.57 bits per heavy atom. The third-order valence-electron chi connectivity index (χ3n) is 2.83. The fourth-order valence-electron chi connectivity index (χ4n) is 1.92. The molecule has 0 unspecified atom stereocenters. The SMILES string of the molecule is CC1(c2nnc(C(=O)O)s2)CCCC1. The number of carboxylic acids is 1. The van der Waals surface area contributed by atoms with Crippen LogP contribution < -0.4 is 0 Å². The summed E-state index contributed by atoms with van der Waals surface area (Å²) in [5.41, 5.74) is 0.0748. The first-order valence-electron chi connectivity index (χ1n) is 4.69. The van der Waals surface area contributed by atoms with Crippen LogP contribution in [-0.4, -0.2) is 21.3 Å². The molecule has 1 N–H and O–H groups in total. The molecule has 4 nitrogen and oxygen atoms in total. The Bertz CT molecular complexity index is 355. The van der Waals surface area contributed by atoms with Gasteiger partial charge in [-0.3, -0.25) is 0 Å². The zero-order valence-corrected chi connectivity index (χ0v) is 8.80. The maximum atomic E-state index is 10.6. The van der Waals surface area contributed by atoms with Crippen LogP contribution in [0.5, 0.6) is 0 Å². The number of carbonyl (C=O) groups is 1. The molecule has 1 fully saturated rings. The lowest BCUT2D eigenvalue weighted by atomic mass is 9.90. The van der Waals surface area contributed by atoms with E-state index in [4.69, 9.17) is 5.11 Å². The van der Waals surface area contributed by atoms with Crippen LogP contribution >= 0.6 is 11.3 Å². The van der Waals surface area contributed by atoms with Gasteiger partial charge in [0.2, 0.25) is 5.01 Å². The highest BCUT2D eigenvalue weighted by Crippen LogP contribution is 2.41. The van der Waals surface area contributed by atoms with E-state index in [1.807, 2.05) is 0 Å². The topological polar surface area (TPSA) is 63.1 Å². The minimum absolute atomic E-state index is 0.0748. The molecule has 1 aliphatic carbocycles.